The average molecular weight is 533 g/mol. The minimum Gasteiger partial charge on any atom is -0.446 e. The lowest BCUT2D eigenvalue weighted by Crippen LogP contribution is -2.60. The Morgan fingerprint density at radius 1 is 1.22 bits per heavy atom. The number of nitrogens with zero attached hydrogens (tertiary/aromatic N) is 1. The number of halogens is 1. The molecule has 7 atom stereocenters. The minimum atomic E-state index is -1.50. The number of hydrogen-bond acceptors (Lipinski definition) is 6. The number of amides is 2. The molecule has 2 fully saturated rings. The summed E-state index contributed by atoms with van der Waals surface area (Å²) in [5.74, 6) is -1.01. The van der Waals surface area contributed by atoms with E-state index in [-0.39, 0.29) is 24.7 Å². The highest BCUT2D eigenvalue weighted by Gasteiger charge is 2.62. The maximum absolute atomic E-state index is 13.2. The van der Waals surface area contributed by atoms with E-state index in [1.54, 1.807) is 14.0 Å². The molecule has 0 radical (unpaired) electrons. The second-order valence-corrected chi connectivity index (χ2v) is 11.4. The van der Waals surface area contributed by atoms with Gasteiger partial charge >= 0.3 is 6.09 Å². The molecular weight excluding hydrogens is 496 g/mol. The number of allylic oxidation sites excluding steroid dienone is 3. The smallest absolute Gasteiger partial charge is 0.409 e. The number of hydrogen-bond donors (Lipinski definition) is 3. The molecule has 4 bridgehead atoms. The lowest BCUT2D eigenvalue weighted by molar-refractivity contribution is -0.121. The molecule has 2 amide bonds. The zero-order chi connectivity index (χ0) is 27.3. The van der Waals surface area contributed by atoms with Crippen molar-refractivity contribution in [2.45, 2.75) is 83.5 Å². The van der Waals surface area contributed by atoms with Crippen LogP contribution in [-0.4, -0.2) is 58.9 Å². The third kappa shape index (κ3) is 5.43. The molecule has 2 saturated heterocycles. The number of alkyl carbamates (subject to hydrolysis) is 1. The fraction of sp³-hybridized carbons (Fsp3) is 0.571. The Balaban J connectivity index is 1.71. The number of epoxide rings is 1. The van der Waals surface area contributed by atoms with Crippen LogP contribution in [0.5, 0.6) is 0 Å². The van der Waals surface area contributed by atoms with Crippen molar-refractivity contribution >= 4 is 29.3 Å². The number of rotatable bonds is 0. The van der Waals surface area contributed by atoms with Crippen molar-refractivity contribution < 1.29 is 29.3 Å². The van der Waals surface area contributed by atoms with Gasteiger partial charge in [0.15, 0.2) is 0 Å². The van der Waals surface area contributed by atoms with E-state index >= 15 is 0 Å². The molecule has 9 heteroatoms. The van der Waals surface area contributed by atoms with Gasteiger partial charge in [-0.25, -0.2) is 4.79 Å². The third-order valence-electron chi connectivity index (χ3n) is 8.12. The second kappa shape index (κ2) is 10.1. The first kappa shape index (κ1) is 27.6. The standard InChI is InChI=1S/C28H37ClN2O6/c1-15-8-7-9-17(3)28(35)14-21(36-26(34)30-28)18(4)25-27(5,37-25)22(32)13-23(33)31(6)20-12-19(10-15)11-16(2)24(20)29/h7-9,11-12,17-18,21-22,25,32,35H,10,13-14H2,1-6H3,(H,30,34)/b9-7+,15-8+/t17-,18-,21+,22+,25+,27-,28+/m1/s1. The van der Waals surface area contributed by atoms with Gasteiger partial charge < -0.3 is 24.6 Å². The number of anilines is 1. The molecule has 0 saturated carbocycles. The molecule has 0 unspecified atom stereocenters. The summed E-state index contributed by atoms with van der Waals surface area (Å²) in [6.45, 7) is 9.36. The topological polar surface area (TPSA) is 112 Å². The molecule has 202 valence electrons. The molecule has 3 aliphatic rings. The van der Waals surface area contributed by atoms with Crippen molar-refractivity contribution in [3.8, 4) is 0 Å². The Labute approximate surface area is 223 Å². The number of ether oxygens (including phenoxy) is 2. The minimum absolute atomic E-state index is 0.158. The fourth-order valence-electron chi connectivity index (χ4n) is 5.40. The van der Waals surface area contributed by atoms with Crippen LogP contribution in [0.25, 0.3) is 0 Å². The molecule has 1 aromatic rings. The molecule has 4 rings (SSSR count). The van der Waals surface area contributed by atoms with Gasteiger partial charge in [0.05, 0.1) is 29.3 Å². The van der Waals surface area contributed by atoms with Crippen LogP contribution in [0.15, 0.2) is 35.9 Å². The van der Waals surface area contributed by atoms with E-state index in [0.29, 0.717) is 17.1 Å². The molecule has 0 aromatic heterocycles. The Bertz CT molecular complexity index is 1150. The molecule has 3 N–H and O–H groups in total. The normalized spacial score (nSPS) is 39.1. The van der Waals surface area contributed by atoms with Crippen LogP contribution < -0.4 is 10.2 Å². The molecule has 1 aromatic carbocycles. The lowest BCUT2D eigenvalue weighted by Gasteiger charge is -2.41. The zero-order valence-corrected chi connectivity index (χ0v) is 23.0. The monoisotopic (exact) mass is 532 g/mol. The van der Waals surface area contributed by atoms with Crippen molar-refractivity contribution in [2.75, 3.05) is 11.9 Å². The number of aliphatic hydroxyl groups excluding tert-OH is 1. The van der Waals surface area contributed by atoms with Crippen LogP contribution >= 0.6 is 11.6 Å². The number of carbonyl (C=O) groups is 2. The van der Waals surface area contributed by atoms with E-state index in [2.05, 4.69) is 5.32 Å². The van der Waals surface area contributed by atoms with Crippen molar-refractivity contribution in [2.24, 2.45) is 11.8 Å². The van der Waals surface area contributed by atoms with Gasteiger partial charge in [-0.3, -0.25) is 10.1 Å². The summed E-state index contributed by atoms with van der Waals surface area (Å²) >= 11 is 6.59. The number of benzene rings is 1. The highest BCUT2D eigenvalue weighted by Crippen LogP contribution is 2.48. The van der Waals surface area contributed by atoms with Gasteiger partial charge in [-0.05, 0) is 44.4 Å². The number of aryl methyl sites for hydroxylation is 1. The van der Waals surface area contributed by atoms with Crippen LogP contribution in [0, 0.1) is 18.8 Å². The summed E-state index contributed by atoms with van der Waals surface area (Å²) in [4.78, 5) is 27.1. The van der Waals surface area contributed by atoms with Crippen LogP contribution in [0.1, 0.15) is 51.7 Å². The predicted octanol–water partition coefficient (Wildman–Crippen LogP) is 4.04. The molecular formula is C28H37ClN2O6. The van der Waals surface area contributed by atoms with E-state index in [1.807, 2.05) is 58.1 Å². The van der Waals surface area contributed by atoms with E-state index in [0.717, 1.165) is 16.7 Å². The summed E-state index contributed by atoms with van der Waals surface area (Å²) in [5.41, 5.74) is 1.02. The van der Waals surface area contributed by atoms with Crippen molar-refractivity contribution in [1.82, 2.24) is 5.32 Å². The van der Waals surface area contributed by atoms with E-state index < -0.39 is 41.6 Å². The number of nitrogens with one attached hydrogen (secondary N) is 1. The molecule has 0 spiro atoms. The van der Waals surface area contributed by atoms with Crippen molar-refractivity contribution in [3.63, 3.8) is 0 Å². The van der Waals surface area contributed by atoms with E-state index in [1.165, 1.54) is 4.90 Å². The molecule has 3 aliphatic heterocycles. The highest BCUT2D eigenvalue weighted by atomic mass is 35.5. The maximum atomic E-state index is 13.2. The first-order valence-corrected chi connectivity index (χ1v) is 13.1. The number of aliphatic hydroxyl groups is 2. The molecule has 8 nitrogen and oxygen atoms in total. The Kier molecular flexibility index (Phi) is 7.51. The highest BCUT2D eigenvalue weighted by molar-refractivity contribution is 6.34. The first-order chi connectivity index (χ1) is 17.2. The van der Waals surface area contributed by atoms with Gasteiger partial charge in [0.1, 0.15) is 17.4 Å². The van der Waals surface area contributed by atoms with Crippen LogP contribution in [0.3, 0.4) is 0 Å². The number of carbonyl (C=O) groups excluding carboxylic acids is 2. The van der Waals surface area contributed by atoms with Crippen LogP contribution in [0.4, 0.5) is 10.5 Å². The van der Waals surface area contributed by atoms with Gasteiger partial charge in [-0.2, -0.15) is 0 Å². The van der Waals surface area contributed by atoms with Gasteiger partial charge in [-0.15, -0.1) is 0 Å². The van der Waals surface area contributed by atoms with E-state index in [4.69, 9.17) is 21.1 Å². The average Bonchev–Trinajstić information content (AvgIpc) is 3.51. The number of fused-ring (bicyclic) bond motifs is 5. The molecule has 37 heavy (non-hydrogen) atoms. The van der Waals surface area contributed by atoms with E-state index in [9.17, 15) is 19.8 Å². The predicted molar refractivity (Wildman–Crippen MR) is 141 cm³/mol. The summed E-state index contributed by atoms with van der Waals surface area (Å²) in [7, 11) is 1.65. The van der Waals surface area contributed by atoms with Crippen molar-refractivity contribution in [1.29, 1.82) is 0 Å². The van der Waals surface area contributed by atoms with Gasteiger partial charge in [0.25, 0.3) is 0 Å². The van der Waals surface area contributed by atoms with Crippen LogP contribution in [0.2, 0.25) is 5.02 Å². The Morgan fingerprint density at radius 3 is 2.62 bits per heavy atom. The maximum Gasteiger partial charge on any atom is 0.409 e. The van der Waals surface area contributed by atoms with Crippen molar-refractivity contribution in [3.05, 3.63) is 52.1 Å². The zero-order valence-electron chi connectivity index (χ0n) is 22.2. The SMILES string of the molecule is C/C1=C\C=C\[C@@H](C)[C@@]2(O)C[C@H](OC(=O)N2)[C@@H](C)[C@@H]2O[C@]2(C)[C@@H](O)CC(=O)N(C)c2cc(cc(C)c2Cl)C1. The van der Waals surface area contributed by atoms with Gasteiger partial charge in [0, 0.05) is 25.3 Å². The largest absolute Gasteiger partial charge is 0.446 e. The summed E-state index contributed by atoms with van der Waals surface area (Å²) in [5, 5.41) is 25.4. The first-order valence-electron chi connectivity index (χ1n) is 12.7. The lowest BCUT2D eigenvalue weighted by atomic mass is 9.82. The van der Waals surface area contributed by atoms with Gasteiger partial charge in [-0.1, -0.05) is 55.3 Å². The summed E-state index contributed by atoms with van der Waals surface area (Å²) in [6, 6.07) is 3.90. The second-order valence-electron chi connectivity index (χ2n) is 11.1. The Hall–Kier alpha value is -2.39. The quantitative estimate of drug-likeness (QED) is 0.435. The Morgan fingerprint density at radius 2 is 1.92 bits per heavy atom. The third-order valence-corrected chi connectivity index (χ3v) is 8.61. The fourth-order valence-corrected chi connectivity index (χ4v) is 5.64. The van der Waals surface area contributed by atoms with Crippen LogP contribution in [-0.2, 0) is 20.7 Å². The molecule has 0 aliphatic carbocycles. The molecule has 3 heterocycles. The van der Waals surface area contributed by atoms with Gasteiger partial charge in [0.2, 0.25) is 5.91 Å². The summed E-state index contributed by atoms with van der Waals surface area (Å²) in [6.07, 6.45) is 3.47. The summed E-state index contributed by atoms with van der Waals surface area (Å²) < 4.78 is 11.4.